The van der Waals surface area contributed by atoms with Gasteiger partial charge in [0.05, 0.1) is 26.0 Å². The van der Waals surface area contributed by atoms with Crippen LogP contribution in [0.1, 0.15) is 39.5 Å². The molecule has 0 aliphatic carbocycles. The number of aliphatic hydroxyl groups excluding tert-OH is 1. The van der Waals surface area contributed by atoms with Gasteiger partial charge in [-0.1, -0.05) is 60.7 Å². The minimum absolute atomic E-state index is 0.222. The number of carbonyl (C=O) groups is 1. The Morgan fingerprint density at radius 3 is 2.00 bits per heavy atom. The van der Waals surface area contributed by atoms with Crippen LogP contribution < -0.4 is 9.47 Å². The first-order valence-electron chi connectivity index (χ1n) is 10.9. The van der Waals surface area contributed by atoms with Gasteiger partial charge in [-0.25, -0.2) is 0 Å². The fourth-order valence-corrected chi connectivity index (χ4v) is 3.80. The van der Waals surface area contributed by atoms with Gasteiger partial charge in [0.2, 0.25) is 0 Å². The molecule has 34 heavy (non-hydrogen) atoms. The molecular weight excluding hydrogens is 432 g/mol. The van der Waals surface area contributed by atoms with Crippen LogP contribution in [-0.4, -0.2) is 31.2 Å². The van der Waals surface area contributed by atoms with Crippen molar-refractivity contribution in [3.63, 3.8) is 0 Å². The van der Waals surface area contributed by atoms with Crippen LogP contribution in [-0.2, 0) is 4.74 Å². The molecule has 0 amide bonds. The molecule has 174 valence electrons. The molecule has 0 saturated carbocycles. The number of aliphatic hydroxyl groups is 1. The van der Waals surface area contributed by atoms with Gasteiger partial charge >= 0.3 is 0 Å². The third-order valence-electron chi connectivity index (χ3n) is 5.54. The molecule has 0 aliphatic heterocycles. The molecule has 1 heterocycles. The average Bonchev–Trinajstić information content (AvgIpc) is 3.44. The fraction of sp³-hybridized carbons (Fsp3) is 0.179. The maximum Gasteiger partial charge on any atom is 0.198 e. The number of benzene rings is 3. The van der Waals surface area contributed by atoms with E-state index in [-0.39, 0.29) is 11.3 Å². The van der Waals surface area contributed by atoms with Crippen molar-refractivity contribution in [1.82, 2.24) is 0 Å². The van der Waals surface area contributed by atoms with Gasteiger partial charge < -0.3 is 23.7 Å². The standard InChI is InChI=1S/C28H26O6/c1-31-21-15-16-23(32-2)22(18-21)25(29)28(26(30)24-14-9-17-33-24)34-27(19-10-5-3-6-11-19)20-12-7-4-8-13-20/h3-18,26-28,30H,1-2H3/t26-,28-/m0/s1. The summed E-state index contributed by atoms with van der Waals surface area (Å²) < 4.78 is 22.6. The largest absolute Gasteiger partial charge is 0.497 e. The first kappa shape index (κ1) is 23.3. The van der Waals surface area contributed by atoms with Gasteiger partial charge in [0.15, 0.2) is 11.9 Å². The molecule has 6 nitrogen and oxygen atoms in total. The maximum atomic E-state index is 13.9. The second-order valence-electron chi connectivity index (χ2n) is 7.65. The smallest absolute Gasteiger partial charge is 0.198 e. The lowest BCUT2D eigenvalue weighted by atomic mass is 9.97. The predicted octanol–water partition coefficient (Wildman–Crippen LogP) is 5.39. The van der Waals surface area contributed by atoms with E-state index in [1.54, 1.807) is 30.3 Å². The Bertz CT molecular complexity index is 1150. The van der Waals surface area contributed by atoms with Crippen LogP contribution in [0.5, 0.6) is 11.5 Å². The summed E-state index contributed by atoms with van der Waals surface area (Å²) in [5.74, 6) is 0.594. The Morgan fingerprint density at radius 1 is 0.824 bits per heavy atom. The molecule has 4 aromatic rings. The van der Waals surface area contributed by atoms with Crippen molar-refractivity contribution in [2.75, 3.05) is 14.2 Å². The fourth-order valence-electron chi connectivity index (χ4n) is 3.80. The number of ether oxygens (including phenoxy) is 3. The first-order valence-corrected chi connectivity index (χ1v) is 10.9. The van der Waals surface area contributed by atoms with E-state index in [0.717, 1.165) is 11.1 Å². The maximum absolute atomic E-state index is 13.9. The third kappa shape index (κ3) is 5.03. The van der Waals surface area contributed by atoms with E-state index in [4.69, 9.17) is 18.6 Å². The van der Waals surface area contributed by atoms with Crippen molar-refractivity contribution < 1.29 is 28.5 Å². The molecule has 0 bridgehead atoms. The van der Waals surface area contributed by atoms with Crippen molar-refractivity contribution in [3.05, 3.63) is 120 Å². The summed E-state index contributed by atoms with van der Waals surface area (Å²) in [6, 6.07) is 27.3. The van der Waals surface area contributed by atoms with Crippen LogP contribution in [0.3, 0.4) is 0 Å². The Labute approximate surface area is 198 Å². The number of furan rings is 1. The second kappa shape index (κ2) is 10.8. The summed E-state index contributed by atoms with van der Waals surface area (Å²) in [4.78, 5) is 13.9. The Kier molecular flexibility index (Phi) is 7.42. The highest BCUT2D eigenvalue weighted by Crippen LogP contribution is 2.35. The van der Waals surface area contributed by atoms with Crippen molar-refractivity contribution in [1.29, 1.82) is 0 Å². The summed E-state index contributed by atoms with van der Waals surface area (Å²) in [6.07, 6.45) is -1.82. The highest BCUT2D eigenvalue weighted by Gasteiger charge is 2.36. The Balaban J connectivity index is 1.79. The van der Waals surface area contributed by atoms with E-state index < -0.39 is 24.1 Å². The second-order valence-corrected chi connectivity index (χ2v) is 7.65. The number of ketones is 1. The zero-order valence-electron chi connectivity index (χ0n) is 19.0. The van der Waals surface area contributed by atoms with Crippen molar-refractivity contribution in [2.24, 2.45) is 0 Å². The molecule has 0 unspecified atom stereocenters. The zero-order valence-corrected chi connectivity index (χ0v) is 19.0. The number of rotatable bonds is 10. The molecule has 2 atom stereocenters. The SMILES string of the molecule is COc1ccc(OC)c(C(=O)[C@H](OC(c2ccccc2)c2ccccc2)[C@@H](O)c2ccco2)c1. The monoisotopic (exact) mass is 458 g/mol. The van der Waals surface area contributed by atoms with Crippen LogP contribution in [0.4, 0.5) is 0 Å². The summed E-state index contributed by atoms with van der Waals surface area (Å²) >= 11 is 0. The average molecular weight is 459 g/mol. The first-order chi connectivity index (χ1) is 16.6. The normalized spacial score (nSPS) is 12.8. The van der Waals surface area contributed by atoms with Gasteiger partial charge in [-0.05, 0) is 41.5 Å². The zero-order chi connectivity index (χ0) is 23.9. The molecule has 0 saturated heterocycles. The summed E-state index contributed by atoms with van der Waals surface area (Å²) in [6.45, 7) is 0. The van der Waals surface area contributed by atoms with E-state index in [1.165, 1.54) is 20.5 Å². The van der Waals surface area contributed by atoms with E-state index in [0.29, 0.717) is 11.5 Å². The van der Waals surface area contributed by atoms with Crippen LogP contribution in [0, 0.1) is 0 Å². The lowest BCUT2D eigenvalue weighted by molar-refractivity contribution is -0.0553. The Hall–Kier alpha value is -3.87. The molecular formula is C28H26O6. The molecule has 0 radical (unpaired) electrons. The summed E-state index contributed by atoms with van der Waals surface area (Å²) in [5.41, 5.74) is 1.92. The Morgan fingerprint density at radius 2 is 1.47 bits per heavy atom. The number of Topliss-reactive ketones (excluding diaryl/α,β-unsaturated/α-hetero) is 1. The minimum Gasteiger partial charge on any atom is -0.497 e. The summed E-state index contributed by atoms with van der Waals surface area (Å²) in [5, 5.41) is 11.2. The van der Waals surface area contributed by atoms with Gasteiger partial charge in [0, 0.05) is 0 Å². The molecule has 0 fully saturated rings. The van der Waals surface area contributed by atoms with Crippen LogP contribution in [0.15, 0.2) is 102 Å². The van der Waals surface area contributed by atoms with Crippen molar-refractivity contribution >= 4 is 5.78 Å². The lowest BCUT2D eigenvalue weighted by Crippen LogP contribution is -2.33. The minimum atomic E-state index is -1.35. The van der Waals surface area contributed by atoms with Gasteiger partial charge in [-0.15, -0.1) is 0 Å². The van der Waals surface area contributed by atoms with Crippen LogP contribution >= 0.6 is 0 Å². The van der Waals surface area contributed by atoms with E-state index >= 15 is 0 Å². The topological polar surface area (TPSA) is 78.1 Å². The highest BCUT2D eigenvalue weighted by atomic mass is 16.5. The van der Waals surface area contributed by atoms with Crippen molar-refractivity contribution in [2.45, 2.75) is 18.3 Å². The van der Waals surface area contributed by atoms with Crippen LogP contribution in [0.2, 0.25) is 0 Å². The number of methoxy groups -OCH3 is 2. The molecule has 1 N–H and O–H groups in total. The number of hydrogen-bond donors (Lipinski definition) is 1. The van der Waals surface area contributed by atoms with E-state index in [2.05, 4.69) is 0 Å². The highest BCUT2D eigenvalue weighted by molar-refractivity contribution is 6.02. The van der Waals surface area contributed by atoms with Gasteiger partial charge in [0.25, 0.3) is 0 Å². The predicted molar refractivity (Wildman–Crippen MR) is 127 cm³/mol. The third-order valence-corrected chi connectivity index (χ3v) is 5.54. The molecule has 0 aliphatic rings. The molecule has 0 spiro atoms. The van der Waals surface area contributed by atoms with Gasteiger partial charge in [0.1, 0.15) is 29.5 Å². The molecule has 3 aromatic carbocycles. The number of carbonyl (C=O) groups excluding carboxylic acids is 1. The van der Waals surface area contributed by atoms with E-state index in [9.17, 15) is 9.90 Å². The lowest BCUT2D eigenvalue weighted by Gasteiger charge is -2.28. The number of hydrogen-bond acceptors (Lipinski definition) is 6. The summed E-state index contributed by atoms with van der Waals surface area (Å²) in [7, 11) is 3.00. The molecule has 6 heteroatoms. The molecule has 1 aromatic heterocycles. The van der Waals surface area contributed by atoms with Gasteiger partial charge in [-0.3, -0.25) is 4.79 Å². The van der Waals surface area contributed by atoms with Crippen molar-refractivity contribution in [3.8, 4) is 11.5 Å². The molecule has 4 rings (SSSR count). The quantitative estimate of drug-likeness (QED) is 0.321. The van der Waals surface area contributed by atoms with Crippen LogP contribution in [0.25, 0.3) is 0 Å². The van der Waals surface area contributed by atoms with Gasteiger partial charge in [-0.2, -0.15) is 0 Å². The van der Waals surface area contributed by atoms with E-state index in [1.807, 2.05) is 60.7 Å².